The van der Waals surface area contributed by atoms with Crippen LogP contribution in [-0.2, 0) is 6.42 Å². The van der Waals surface area contributed by atoms with Crippen molar-refractivity contribution in [2.24, 2.45) is 0 Å². The summed E-state index contributed by atoms with van der Waals surface area (Å²) in [5.74, 6) is 0.320. The molecular formula is C20H18N4O2. The number of aryl methyl sites for hydroxylation is 1. The van der Waals surface area contributed by atoms with Gasteiger partial charge in [-0.3, -0.25) is 4.79 Å². The second kappa shape index (κ2) is 6.84. The third kappa shape index (κ3) is 3.09. The lowest BCUT2D eigenvalue weighted by Gasteiger charge is -2.05. The van der Waals surface area contributed by atoms with Crippen LogP contribution in [0.25, 0.3) is 16.9 Å². The van der Waals surface area contributed by atoms with Gasteiger partial charge in [0.1, 0.15) is 22.7 Å². The molecule has 0 aliphatic heterocycles. The van der Waals surface area contributed by atoms with Crippen molar-refractivity contribution in [1.82, 2.24) is 19.9 Å². The number of amides is 1. The predicted molar refractivity (Wildman–Crippen MR) is 97.9 cm³/mol. The summed E-state index contributed by atoms with van der Waals surface area (Å²) >= 11 is 0. The van der Waals surface area contributed by atoms with Crippen LogP contribution in [0.15, 0.2) is 65.4 Å². The van der Waals surface area contributed by atoms with Crippen LogP contribution in [0.1, 0.15) is 21.8 Å². The normalized spacial score (nSPS) is 11.0. The highest BCUT2D eigenvalue weighted by atomic mass is 16.5. The molecule has 0 fully saturated rings. The van der Waals surface area contributed by atoms with Crippen molar-refractivity contribution in [3.8, 4) is 11.3 Å². The molecule has 0 bridgehead atoms. The molecule has 0 spiro atoms. The van der Waals surface area contributed by atoms with Crippen LogP contribution in [0.2, 0.25) is 0 Å². The quantitative estimate of drug-likeness (QED) is 0.602. The van der Waals surface area contributed by atoms with Gasteiger partial charge >= 0.3 is 0 Å². The number of imidazole rings is 1. The molecule has 0 radical (unpaired) electrons. The Morgan fingerprint density at radius 3 is 2.77 bits per heavy atom. The summed E-state index contributed by atoms with van der Waals surface area (Å²) in [5, 5.41) is 6.99. The molecule has 0 saturated carbocycles. The average molecular weight is 346 g/mol. The number of rotatable bonds is 5. The Morgan fingerprint density at radius 2 is 1.96 bits per heavy atom. The Morgan fingerprint density at radius 1 is 1.15 bits per heavy atom. The minimum atomic E-state index is -0.189. The third-order valence-electron chi connectivity index (χ3n) is 4.22. The van der Waals surface area contributed by atoms with Gasteiger partial charge in [-0.1, -0.05) is 41.6 Å². The van der Waals surface area contributed by atoms with E-state index in [-0.39, 0.29) is 5.91 Å². The number of fused-ring (bicyclic) bond motifs is 1. The molecule has 3 aromatic heterocycles. The molecule has 1 aromatic carbocycles. The van der Waals surface area contributed by atoms with Gasteiger partial charge < -0.3 is 14.2 Å². The Kier molecular flexibility index (Phi) is 4.23. The summed E-state index contributed by atoms with van der Waals surface area (Å²) in [6, 6.07) is 15.4. The van der Waals surface area contributed by atoms with Crippen LogP contribution in [0.3, 0.4) is 0 Å². The Hall–Kier alpha value is -3.41. The molecule has 3 heterocycles. The van der Waals surface area contributed by atoms with Crippen molar-refractivity contribution in [2.45, 2.75) is 13.3 Å². The van der Waals surface area contributed by atoms with E-state index in [1.165, 1.54) is 0 Å². The average Bonchev–Trinajstić information content (AvgIpc) is 3.25. The molecule has 1 N–H and O–H groups in total. The highest BCUT2D eigenvalue weighted by Gasteiger charge is 2.21. The molecule has 0 aliphatic carbocycles. The summed E-state index contributed by atoms with van der Waals surface area (Å²) in [4.78, 5) is 17.2. The molecular weight excluding hydrogens is 328 g/mol. The summed E-state index contributed by atoms with van der Waals surface area (Å²) < 4.78 is 7.22. The fourth-order valence-electron chi connectivity index (χ4n) is 2.93. The maximum absolute atomic E-state index is 12.6. The van der Waals surface area contributed by atoms with Gasteiger partial charge in [0, 0.05) is 30.9 Å². The molecule has 26 heavy (non-hydrogen) atoms. The van der Waals surface area contributed by atoms with Gasteiger partial charge in [-0.2, -0.15) is 0 Å². The largest absolute Gasteiger partial charge is 0.360 e. The number of benzene rings is 1. The Balaban J connectivity index is 1.46. The van der Waals surface area contributed by atoms with Gasteiger partial charge in [-0.15, -0.1) is 0 Å². The first-order chi connectivity index (χ1) is 12.7. The van der Waals surface area contributed by atoms with Crippen molar-refractivity contribution in [3.63, 3.8) is 0 Å². The fraction of sp³-hybridized carbons (Fsp3) is 0.150. The van der Waals surface area contributed by atoms with Crippen LogP contribution in [0, 0.1) is 6.92 Å². The van der Waals surface area contributed by atoms with Crippen molar-refractivity contribution < 1.29 is 9.32 Å². The molecule has 0 atom stereocenters. The van der Waals surface area contributed by atoms with E-state index in [0.717, 1.165) is 16.9 Å². The first-order valence-corrected chi connectivity index (χ1v) is 8.45. The zero-order valence-corrected chi connectivity index (χ0v) is 14.3. The van der Waals surface area contributed by atoms with Crippen LogP contribution in [0.5, 0.6) is 0 Å². The summed E-state index contributed by atoms with van der Waals surface area (Å²) in [5.41, 5.74) is 3.73. The molecule has 130 valence electrons. The van der Waals surface area contributed by atoms with Gasteiger partial charge in [0.05, 0.1) is 5.69 Å². The second-order valence-corrected chi connectivity index (χ2v) is 6.03. The summed E-state index contributed by atoms with van der Waals surface area (Å²) in [6.07, 6.45) is 4.58. The third-order valence-corrected chi connectivity index (χ3v) is 4.22. The number of pyridine rings is 1. The molecule has 0 aliphatic rings. The minimum absolute atomic E-state index is 0.189. The SMILES string of the molecule is Cc1onc(-c2ccccc2)c1C(=O)NCCc1cn2ccccc2n1. The summed E-state index contributed by atoms with van der Waals surface area (Å²) in [7, 11) is 0. The van der Waals surface area contributed by atoms with Gasteiger partial charge in [0.15, 0.2) is 0 Å². The minimum Gasteiger partial charge on any atom is -0.360 e. The number of carbonyl (C=O) groups excluding carboxylic acids is 1. The number of hydrogen-bond acceptors (Lipinski definition) is 4. The molecule has 1 amide bonds. The van der Waals surface area contributed by atoms with Gasteiger partial charge in [-0.25, -0.2) is 4.98 Å². The summed E-state index contributed by atoms with van der Waals surface area (Å²) in [6.45, 7) is 2.23. The molecule has 4 rings (SSSR count). The van der Waals surface area contributed by atoms with E-state index >= 15 is 0 Å². The van der Waals surface area contributed by atoms with E-state index < -0.39 is 0 Å². The molecule has 0 unspecified atom stereocenters. The van der Waals surface area contributed by atoms with E-state index in [1.807, 2.05) is 65.3 Å². The monoisotopic (exact) mass is 346 g/mol. The first-order valence-electron chi connectivity index (χ1n) is 8.45. The smallest absolute Gasteiger partial charge is 0.257 e. The standard InChI is InChI=1S/C20H18N4O2/c1-14-18(19(23-26-14)15-7-3-2-4-8-15)20(25)21-11-10-16-13-24-12-6-5-9-17(24)22-16/h2-9,12-13H,10-11H2,1H3,(H,21,25). The van der Waals surface area contributed by atoms with Crippen molar-refractivity contribution in [3.05, 3.63) is 77.9 Å². The van der Waals surface area contributed by atoms with Crippen LogP contribution >= 0.6 is 0 Å². The van der Waals surface area contributed by atoms with Crippen molar-refractivity contribution in [1.29, 1.82) is 0 Å². The Labute approximate surface area is 150 Å². The number of nitrogens with one attached hydrogen (secondary N) is 1. The molecule has 6 nitrogen and oxygen atoms in total. The van der Waals surface area contributed by atoms with Crippen molar-refractivity contribution in [2.75, 3.05) is 6.54 Å². The van der Waals surface area contributed by atoms with Gasteiger partial charge in [-0.05, 0) is 19.1 Å². The number of carbonyl (C=O) groups is 1. The Bertz CT molecular complexity index is 1020. The lowest BCUT2D eigenvalue weighted by Crippen LogP contribution is -2.26. The number of aromatic nitrogens is 3. The first kappa shape index (κ1) is 16.1. The molecule has 0 saturated heterocycles. The highest BCUT2D eigenvalue weighted by molar-refractivity contribution is 6.00. The number of hydrogen-bond donors (Lipinski definition) is 1. The fourth-order valence-corrected chi connectivity index (χ4v) is 2.93. The zero-order valence-electron chi connectivity index (χ0n) is 14.3. The second-order valence-electron chi connectivity index (χ2n) is 6.03. The van der Waals surface area contributed by atoms with E-state index in [0.29, 0.717) is 30.0 Å². The topological polar surface area (TPSA) is 72.4 Å². The molecule has 4 aromatic rings. The molecule has 6 heteroatoms. The maximum Gasteiger partial charge on any atom is 0.257 e. The van der Waals surface area contributed by atoms with Crippen LogP contribution < -0.4 is 5.32 Å². The predicted octanol–water partition coefficient (Wildman–Crippen LogP) is 3.27. The zero-order chi connectivity index (χ0) is 17.9. The van der Waals surface area contributed by atoms with Crippen LogP contribution in [-0.4, -0.2) is 27.0 Å². The lowest BCUT2D eigenvalue weighted by molar-refractivity contribution is 0.0953. The van der Waals surface area contributed by atoms with E-state index in [4.69, 9.17) is 4.52 Å². The van der Waals surface area contributed by atoms with E-state index in [2.05, 4.69) is 15.5 Å². The highest BCUT2D eigenvalue weighted by Crippen LogP contribution is 2.24. The maximum atomic E-state index is 12.6. The van der Waals surface area contributed by atoms with E-state index in [9.17, 15) is 4.79 Å². The van der Waals surface area contributed by atoms with Crippen molar-refractivity contribution >= 4 is 11.6 Å². The van der Waals surface area contributed by atoms with Gasteiger partial charge in [0.2, 0.25) is 0 Å². The lowest BCUT2D eigenvalue weighted by atomic mass is 10.1. The number of nitrogens with zero attached hydrogens (tertiary/aromatic N) is 3. The van der Waals surface area contributed by atoms with E-state index in [1.54, 1.807) is 6.92 Å². The van der Waals surface area contributed by atoms with Crippen LogP contribution in [0.4, 0.5) is 0 Å². The van der Waals surface area contributed by atoms with Gasteiger partial charge in [0.25, 0.3) is 5.91 Å².